The number of unbranched alkanes of at least 4 members (excludes halogenated alkanes) is 7. The van der Waals surface area contributed by atoms with E-state index in [0.29, 0.717) is 12.8 Å². The quantitative estimate of drug-likeness (QED) is 0.0647. The van der Waals surface area contributed by atoms with E-state index in [-0.39, 0.29) is 94.5 Å². The zero-order valence-electron chi connectivity index (χ0n) is 20.7. The summed E-state index contributed by atoms with van der Waals surface area (Å²) in [4.78, 5) is 36.5. The fourth-order valence-corrected chi connectivity index (χ4v) is 3.50. The normalized spacial score (nSPS) is 11.2. The van der Waals surface area contributed by atoms with Crippen LogP contribution in [0.3, 0.4) is 0 Å². The molecule has 0 aliphatic carbocycles. The van der Waals surface area contributed by atoms with Crippen molar-refractivity contribution >= 4 is 79.4 Å². The monoisotopic (exact) mass is 544 g/mol. The van der Waals surface area contributed by atoms with Crippen molar-refractivity contribution in [3.63, 3.8) is 0 Å². The summed E-state index contributed by atoms with van der Waals surface area (Å²) in [5, 5.41) is 0. The molecule has 198 valence electrons. The zero-order valence-corrected chi connectivity index (χ0v) is 21.5. The fourth-order valence-electron chi connectivity index (χ4n) is 2.93. The molecule has 0 aromatic rings. The molecule has 0 fully saturated rings. The Morgan fingerprint density at radius 1 is 0.771 bits per heavy atom. The van der Waals surface area contributed by atoms with Crippen LogP contribution in [-0.4, -0.2) is 108 Å². The number of rotatable bonds is 19. The summed E-state index contributed by atoms with van der Waals surface area (Å²) < 4.78 is 45.8. The number of esters is 3. The van der Waals surface area contributed by atoms with Crippen molar-refractivity contribution < 1.29 is 41.6 Å². The fraction of sp³-hybridized carbons (Fsp3) is 0.708. The molecule has 0 heterocycles. The van der Waals surface area contributed by atoms with E-state index in [9.17, 15) is 22.8 Å². The molecule has 0 bridgehead atoms. The number of carbonyl (C=O) groups is 3. The van der Waals surface area contributed by atoms with Crippen molar-refractivity contribution in [2.75, 3.05) is 25.6 Å². The van der Waals surface area contributed by atoms with Gasteiger partial charge in [-0.3, -0.25) is 9.35 Å². The summed E-state index contributed by atoms with van der Waals surface area (Å²) in [7, 11) is -3.87. The molecule has 9 nitrogen and oxygen atoms in total. The van der Waals surface area contributed by atoms with E-state index in [1.165, 1.54) is 13.8 Å². The average Bonchev–Trinajstić information content (AvgIpc) is 2.76. The molecular formula is C24H41KO9S. The molecule has 11 heteroatoms. The van der Waals surface area contributed by atoms with Gasteiger partial charge in [0.05, 0.1) is 12.4 Å². The standard InChI is InChI=1S/C24H40O9S.K.H/c1-6-24(17-32-21(25)19(2)3,18-33-22(26)20(4)5)23(27)31-15-13-11-9-7-8-10-12-14-16-34(28,29)30;;/h2,4,6-18H2,1,3,5H3,(H,28,29,30);;. The minimum atomic E-state index is -3.87. The van der Waals surface area contributed by atoms with Crippen LogP contribution in [-0.2, 0) is 38.7 Å². The van der Waals surface area contributed by atoms with Gasteiger partial charge >= 0.3 is 69.3 Å². The first kappa shape index (κ1) is 36.6. The Bertz CT molecular complexity index is 776. The van der Waals surface area contributed by atoms with E-state index >= 15 is 0 Å². The van der Waals surface area contributed by atoms with Crippen molar-refractivity contribution in [3.05, 3.63) is 24.3 Å². The van der Waals surface area contributed by atoms with Gasteiger partial charge in [0.15, 0.2) is 0 Å². The van der Waals surface area contributed by atoms with Crippen molar-refractivity contribution in [2.24, 2.45) is 5.41 Å². The van der Waals surface area contributed by atoms with Gasteiger partial charge in [-0.1, -0.05) is 58.6 Å². The van der Waals surface area contributed by atoms with Gasteiger partial charge < -0.3 is 14.2 Å². The third-order valence-electron chi connectivity index (χ3n) is 5.30. The second kappa shape index (κ2) is 19.5. The molecule has 0 radical (unpaired) electrons. The molecule has 0 unspecified atom stereocenters. The van der Waals surface area contributed by atoms with E-state index in [1.807, 2.05) is 0 Å². The average molecular weight is 545 g/mol. The second-order valence-corrected chi connectivity index (χ2v) is 10.2. The van der Waals surface area contributed by atoms with Gasteiger partial charge in [0.1, 0.15) is 18.6 Å². The van der Waals surface area contributed by atoms with E-state index in [4.69, 9.17) is 18.8 Å². The van der Waals surface area contributed by atoms with Crippen LogP contribution in [0.2, 0.25) is 0 Å². The van der Waals surface area contributed by atoms with E-state index < -0.39 is 33.4 Å². The van der Waals surface area contributed by atoms with Crippen LogP contribution in [0.1, 0.15) is 78.6 Å². The number of ether oxygens (including phenoxy) is 3. The molecule has 0 spiro atoms. The van der Waals surface area contributed by atoms with Crippen molar-refractivity contribution in [2.45, 2.75) is 78.6 Å². The summed E-state index contributed by atoms with van der Waals surface area (Å²) in [6.07, 6.45) is 6.74. The summed E-state index contributed by atoms with van der Waals surface area (Å²) >= 11 is 0. The molecule has 35 heavy (non-hydrogen) atoms. The minimum absolute atomic E-state index is 0. The van der Waals surface area contributed by atoms with E-state index in [1.54, 1.807) is 6.92 Å². The zero-order chi connectivity index (χ0) is 26.2. The molecule has 0 aliphatic rings. The molecule has 0 aromatic heterocycles. The van der Waals surface area contributed by atoms with Crippen molar-refractivity contribution in [1.29, 1.82) is 0 Å². The predicted molar refractivity (Wildman–Crippen MR) is 136 cm³/mol. The topological polar surface area (TPSA) is 133 Å². The van der Waals surface area contributed by atoms with Crippen molar-refractivity contribution in [3.8, 4) is 0 Å². The van der Waals surface area contributed by atoms with E-state index in [2.05, 4.69) is 13.2 Å². The molecule has 0 amide bonds. The van der Waals surface area contributed by atoms with Crippen LogP contribution in [0.4, 0.5) is 0 Å². The molecule has 0 aromatic carbocycles. The molecule has 0 saturated heterocycles. The van der Waals surface area contributed by atoms with Crippen LogP contribution in [0.25, 0.3) is 0 Å². The number of hydrogen-bond acceptors (Lipinski definition) is 8. The first-order valence-corrected chi connectivity index (χ1v) is 13.2. The Kier molecular flexibility index (Phi) is 20.4. The molecule has 0 atom stereocenters. The van der Waals surface area contributed by atoms with Crippen LogP contribution in [0.5, 0.6) is 0 Å². The Hall–Kier alpha value is -0.564. The molecule has 0 saturated carbocycles. The third kappa shape index (κ3) is 17.5. The number of carbonyl (C=O) groups excluding carboxylic acids is 3. The van der Waals surface area contributed by atoms with Gasteiger partial charge in [0.2, 0.25) is 0 Å². The van der Waals surface area contributed by atoms with Crippen LogP contribution < -0.4 is 0 Å². The van der Waals surface area contributed by atoms with Crippen LogP contribution >= 0.6 is 0 Å². The third-order valence-corrected chi connectivity index (χ3v) is 6.10. The van der Waals surface area contributed by atoms with Crippen LogP contribution in [0, 0.1) is 5.41 Å². The van der Waals surface area contributed by atoms with Gasteiger partial charge in [-0.25, -0.2) is 9.59 Å². The Balaban J connectivity index is 0. The van der Waals surface area contributed by atoms with Gasteiger partial charge in [0, 0.05) is 11.1 Å². The van der Waals surface area contributed by atoms with E-state index in [0.717, 1.165) is 38.5 Å². The molecule has 0 aliphatic heterocycles. The van der Waals surface area contributed by atoms with Gasteiger partial charge in [-0.05, 0) is 33.1 Å². The van der Waals surface area contributed by atoms with Crippen LogP contribution in [0.15, 0.2) is 24.3 Å². The second-order valence-electron chi connectivity index (χ2n) is 8.60. The maximum atomic E-state index is 12.9. The van der Waals surface area contributed by atoms with Gasteiger partial charge in [-0.2, -0.15) is 8.42 Å². The SMILES string of the molecule is C=C(C)C(=O)OCC(CC)(COC(=O)C(=C)C)C(=O)OCCCCCCCCCCS(=O)(=O)O.[KH]. The van der Waals surface area contributed by atoms with Gasteiger partial charge in [0.25, 0.3) is 10.1 Å². The summed E-state index contributed by atoms with van der Waals surface area (Å²) in [5.74, 6) is -2.08. The van der Waals surface area contributed by atoms with Gasteiger partial charge in [-0.15, -0.1) is 0 Å². The molecule has 0 rings (SSSR count). The Morgan fingerprint density at radius 3 is 1.54 bits per heavy atom. The Labute approximate surface area is 252 Å². The first-order valence-electron chi connectivity index (χ1n) is 11.6. The summed E-state index contributed by atoms with van der Waals surface area (Å²) in [5.41, 5.74) is -0.940. The molecular weight excluding hydrogens is 503 g/mol. The summed E-state index contributed by atoms with van der Waals surface area (Å²) in [6, 6.07) is 0. The maximum absolute atomic E-state index is 12.9. The van der Waals surface area contributed by atoms with Crippen molar-refractivity contribution in [1.82, 2.24) is 0 Å². The number of hydrogen-bond donors (Lipinski definition) is 1. The predicted octanol–water partition coefficient (Wildman–Crippen LogP) is 3.52. The first-order chi connectivity index (χ1) is 15.8. The molecule has 1 N–H and O–H groups in total. The Morgan fingerprint density at radius 2 is 1.17 bits per heavy atom. The summed E-state index contributed by atoms with van der Waals surface area (Å²) in [6.45, 7) is 11.3.